The fourth-order valence-corrected chi connectivity index (χ4v) is 5.21. The third-order valence-corrected chi connectivity index (χ3v) is 7.32. The van der Waals surface area contributed by atoms with Crippen LogP contribution in [0, 0.1) is 18.8 Å². The van der Waals surface area contributed by atoms with Crippen LogP contribution in [0.25, 0.3) is 6.08 Å². The molecule has 3 rings (SSSR count). The number of aliphatic imine (C=N–C) groups is 1. The molecule has 2 aliphatic heterocycles. The minimum Gasteiger partial charge on any atom is -0.458 e. The van der Waals surface area contributed by atoms with E-state index in [1.807, 2.05) is 26.0 Å². The number of hydrogen-bond donors (Lipinski definition) is 1. The lowest BCUT2D eigenvalue weighted by Gasteiger charge is -2.43. The molecule has 1 aromatic carbocycles. The van der Waals surface area contributed by atoms with Crippen molar-refractivity contribution in [3.8, 4) is 0 Å². The summed E-state index contributed by atoms with van der Waals surface area (Å²) < 4.78 is 24.0. The molecule has 0 saturated carbocycles. The van der Waals surface area contributed by atoms with Crippen LogP contribution in [0.1, 0.15) is 71.1 Å². The predicted octanol–water partition coefficient (Wildman–Crippen LogP) is 4.95. The van der Waals surface area contributed by atoms with E-state index in [1.54, 1.807) is 0 Å². The normalized spacial score (nSPS) is 25.3. The van der Waals surface area contributed by atoms with E-state index in [1.165, 1.54) is 19.4 Å². The van der Waals surface area contributed by atoms with Crippen LogP contribution in [0.2, 0.25) is 0 Å². The van der Waals surface area contributed by atoms with Gasteiger partial charge in [0.05, 0.1) is 12.6 Å². The molecule has 1 saturated heterocycles. The second-order valence-corrected chi connectivity index (χ2v) is 10.6. The average Bonchev–Trinajstić information content (AvgIpc) is 3.26. The molecular formula is C31H43NO7. The first-order chi connectivity index (χ1) is 18.5. The Morgan fingerprint density at radius 2 is 1.87 bits per heavy atom. The SMILES string of the molecule is CC[C@H]1O[C@@H](OC2=NCC(C(C)C)=C2Cc2ccc(/C=C/CCO)cc2C)[C@H](OC(C)=O)[C@@H](OC(C)=O)[C@@H]1C. The maximum absolute atomic E-state index is 12.0. The number of nitrogens with zero attached hydrogens (tertiary/aromatic N) is 1. The number of carbonyl (C=O) groups is 2. The Bertz CT molecular complexity index is 1120. The van der Waals surface area contributed by atoms with Crippen molar-refractivity contribution in [2.75, 3.05) is 13.2 Å². The van der Waals surface area contributed by atoms with E-state index < -0.39 is 30.4 Å². The Morgan fingerprint density at radius 1 is 1.18 bits per heavy atom. The van der Waals surface area contributed by atoms with Crippen molar-refractivity contribution in [3.63, 3.8) is 0 Å². The highest BCUT2D eigenvalue weighted by Gasteiger charge is 2.49. The molecule has 0 bridgehead atoms. The monoisotopic (exact) mass is 541 g/mol. The van der Waals surface area contributed by atoms with Crippen LogP contribution in [0.4, 0.5) is 0 Å². The first-order valence-electron chi connectivity index (χ1n) is 13.9. The topological polar surface area (TPSA) is 104 Å². The molecule has 1 N–H and O–H groups in total. The van der Waals surface area contributed by atoms with E-state index in [0.29, 0.717) is 31.7 Å². The molecule has 0 aromatic heterocycles. The molecule has 1 aromatic rings. The molecule has 8 heteroatoms. The van der Waals surface area contributed by atoms with Crippen LogP contribution >= 0.6 is 0 Å². The summed E-state index contributed by atoms with van der Waals surface area (Å²) in [6.07, 6.45) is 3.04. The van der Waals surface area contributed by atoms with E-state index in [4.69, 9.17) is 29.0 Å². The minimum absolute atomic E-state index is 0.129. The van der Waals surface area contributed by atoms with E-state index in [9.17, 15) is 9.59 Å². The molecular weight excluding hydrogens is 498 g/mol. The van der Waals surface area contributed by atoms with E-state index in [-0.39, 0.29) is 24.5 Å². The molecule has 0 aliphatic carbocycles. The first kappa shape index (κ1) is 30.6. The van der Waals surface area contributed by atoms with Gasteiger partial charge in [-0.3, -0.25) is 9.59 Å². The van der Waals surface area contributed by atoms with Crippen molar-refractivity contribution >= 4 is 23.9 Å². The molecule has 2 aliphatic rings. The van der Waals surface area contributed by atoms with E-state index in [2.05, 4.69) is 39.0 Å². The summed E-state index contributed by atoms with van der Waals surface area (Å²) in [6, 6.07) is 6.30. The lowest BCUT2D eigenvalue weighted by molar-refractivity contribution is -0.270. The molecule has 8 nitrogen and oxygen atoms in total. The number of benzene rings is 1. The highest BCUT2D eigenvalue weighted by Crippen LogP contribution is 2.35. The molecule has 39 heavy (non-hydrogen) atoms. The Labute approximate surface area is 232 Å². The average molecular weight is 542 g/mol. The Balaban J connectivity index is 1.90. The zero-order valence-corrected chi connectivity index (χ0v) is 24.2. The highest BCUT2D eigenvalue weighted by atomic mass is 16.7. The lowest BCUT2D eigenvalue weighted by Crippen LogP contribution is -2.57. The lowest BCUT2D eigenvalue weighted by atomic mass is 9.89. The van der Waals surface area contributed by atoms with Gasteiger partial charge in [0, 0.05) is 38.4 Å². The Morgan fingerprint density at radius 3 is 2.46 bits per heavy atom. The van der Waals surface area contributed by atoms with Crippen molar-refractivity contribution in [1.29, 1.82) is 0 Å². The largest absolute Gasteiger partial charge is 0.458 e. The number of hydrogen-bond acceptors (Lipinski definition) is 8. The van der Waals surface area contributed by atoms with E-state index in [0.717, 1.165) is 22.3 Å². The Hall–Kier alpha value is -2.97. The molecule has 1 fully saturated rings. The van der Waals surface area contributed by atoms with Gasteiger partial charge in [-0.2, -0.15) is 0 Å². The van der Waals surface area contributed by atoms with Gasteiger partial charge >= 0.3 is 11.9 Å². The van der Waals surface area contributed by atoms with Crippen LogP contribution in [0.15, 0.2) is 40.4 Å². The van der Waals surface area contributed by atoms with Crippen molar-refractivity contribution in [1.82, 2.24) is 0 Å². The van der Waals surface area contributed by atoms with Gasteiger partial charge in [-0.05, 0) is 47.9 Å². The van der Waals surface area contributed by atoms with Crippen LogP contribution in [0.3, 0.4) is 0 Å². The zero-order chi connectivity index (χ0) is 28.7. The second kappa shape index (κ2) is 13.9. The maximum atomic E-state index is 12.0. The molecule has 0 unspecified atom stereocenters. The van der Waals surface area contributed by atoms with Crippen molar-refractivity contribution in [2.24, 2.45) is 16.8 Å². The first-order valence-corrected chi connectivity index (χ1v) is 13.9. The summed E-state index contributed by atoms with van der Waals surface area (Å²) in [4.78, 5) is 28.7. The van der Waals surface area contributed by atoms with Gasteiger partial charge in [0.15, 0.2) is 0 Å². The summed E-state index contributed by atoms with van der Waals surface area (Å²) in [7, 11) is 0. The number of aryl methyl sites for hydroxylation is 1. The van der Waals surface area contributed by atoms with Crippen LogP contribution in [-0.2, 0) is 35.0 Å². The predicted molar refractivity (Wildman–Crippen MR) is 150 cm³/mol. The van der Waals surface area contributed by atoms with Gasteiger partial charge in [0.2, 0.25) is 18.3 Å². The summed E-state index contributed by atoms with van der Waals surface area (Å²) in [5.74, 6) is -0.419. The third-order valence-electron chi connectivity index (χ3n) is 7.32. The van der Waals surface area contributed by atoms with E-state index >= 15 is 0 Å². The number of rotatable bonds is 10. The number of ether oxygens (including phenoxy) is 4. The molecule has 5 atom stereocenters. The van der Waals surface area contributed by atoms with Crippen LogP contribution in [-0.4, -0.2) is 60.7 Å². The standard InChI is InChI=1S/C31H43NO7/c1-8-27-20(5)28(36-21(6)34)29(37-22(7)35)31(38-27)39-30-25(26(17-32-30)18(2)3)16-24-13-12-23(15-19(24)4)11-9-10-14-33/h9,11-13,15,18,20,27-29,31,33H,8,10,14,16-17H2,1-7H3/b11-9+/t20-,27-,28+,29-,31+/m1/s1. The summed E-state index contributed by atoms with van der Waals surface area (Å²) >= 11 is 0. The summed E-state index contributed by atoms with van der Waals surface area (Å²) in [5.41, 5.74) is 5.56. The van der Waals surface area contributed by atoms with Gasteiger partial charge in [-0.25, -0.2) is 4.99 Å². The summed E-state index contributed by atoms with van der Waals surface area (Å²) in [6.45, 7) is 13.6. The zero-order valence-electron chi connectivity index (χ0n) is 24.2. The van der Waals surface area contributed by atoms with Crippen molar-refractivity contribution in [3.05, 3.63) is 52.1 Å². The van der Waals surface area contributed by atoms with Gasteiger partial charge in [-0.1, -0.05) is 58.0 Å². The Kier molecular flexibility index (Phi) is 10.9. The van der Waals surface area contributed by atoms with Gasteiger partial charge < -0.3 is 24.1 Å². The van der Waals surface area contributed by atoms with Crippen LogP contribution in [0.5, 0.6) is 0 Å². The van der Waals surface area contributed by atoms with Gasteiger partial charge in [0.1, 0.15) is 6.10 Å². The molecule has 0 radical (unpaired) electrons. The third kappa shape index (κ3) is 7.79. The molecule has 2 heterocycles. The van der Waals surface area contributed by atoms with Crippen molar-refractivity contribution < 1.29 is 33.6 Å². The minimum atomic E-state index is -0.972. The summed E-state index contributed by atoms with van der Waals surface area (Å²) in [5, 5.41) is 9.03. The fraction of sp³-hybridized carbons (Fsp3) is 0.581. The van der Waals surface area contributed by atoms with Gasteiger partial charge in [-0.15, -0.1) is 0 Å². The quantitative estimate of drug-likeness (QED) is 0.418. The maximum Gasteiger partial charge on any atom is 0.303 e. The van der Waals surface area contributed by atoms with Gasteiger partial charge in [0.25, 0.3) is 0 Å². The fourth-order valence-electron chi connectivity index (χ4n) is 5.21. The molecule has 0 amide bonds. The molecule has 214 valence electrons. The van der Waals surface area contributed by atoms with Crippen molar-refractivity contribution in [2.45, 2.75) is 92.3 Å². The smallest absolute Gasteiger partial charge is 0.303 e. The highest BCUT2D eigenvalue weighted by molar-refractivity contribution is 5.97. The number of aliphatic hydroxyl groups excluding tert-OH is 1. The second-order valence-electron chi connectivity index (χ2n) is 10.6. The molecule has 0 spiro atoms. The van der Waals surface area contributed by atoms with Crippen LogP contribution < -0.4 is 0 Å². The number of esters is 2. The number of aliphatic hydroxyl groups is 1. The number of carbonyl (C=O) groups excluding carboxylic acids is 2.